The summed E-state index contributed by atoms with van der Waals surface area (Å²) in [7, 11) is -3.68. The summed E-state index contributed by atoms with van der Waals surface area (Å²) in [5, 5.41) is 2.60. The number of hydrogen-bond acceptors (Lipinski definition) is 5. The third-order valence-electron chi connectivity index (χ3n) is 2.05. The normalized spacial score (nSPS) is 15.4. The lowest BCUT2D eigenvalue weighted by Crippen LogP contribution is -2.30. The molecule has 2 rings (SSSR count). The number of carbonyl (C=O) groups is 1. The lowest BCUT2D eigenvalue weighted by Gasteiger charge is -2.16. The fourth-order valence-electron chi connectivity index (χ4n) is 1.30. The molecule has 0 spiro atoms. The summed E-state index contributed by atoms with van der Waals surface area (Å²) >= 11 is 1.37. The van der Waals surface area contributed by atoms with Crippen LogP contribution in [-0.4, -0.2) is 20.1 Å². The van der Waals surface area contributed by atoms with Crippen LogP contribution in [0.5, 0.6) is 0 Å². The van der Waals surface area contributed by atoms with Crippen LogP contribution in [0.1, 0.15) is 0 Å². The van der Waals surface area contributed by atoms with Gasteiger partial charge in [-0.1, -0.05) is 0 Å². The van der Waals surface area contributed by atoms with Crippen LogP contribution in [0.15, 0.2) is 28.0 Å². The number of nitrogens with one attached hydrogen (secondary N) is 2. The van der Waals surface area contributed by atoms with Gasteiger partial charge in [0.25, 0.3) is 10.0 Å². The standard InChI is InChI=1S/C8H9N3O3S2/c9-11-16(13,14)5-1-2-7-6(3-5)10-8(12)4-15-7/h1-3,11H,4,9H2,(H,10,12). The minimum Gasteiger partial charge on any atom is -0.324 e. The summed E-state index contributed by atoms with van der Waals surface area (Å²) in [4.78, 5) is 13.7. The molecule has 0 saturated heterocycles. The maximum atomic E-state index is 11.4. The minimum atomic E-state index is -3.68. The van der Waals surface area contributed by atoms with Crippen molar-refractivity contribution >= 4 is 33.4 Å². The highest BCUT2D eigenvalue weighted by molar-refractivity contribution is 8.00. The predicted octanol–water partition coefficient (Wildman–Crippen LogP) is -0.117. The molecule has 0 unspecified atom stereocenters. The van der Waals surface area contributed by atoms with E-state index in [1.165, 1.54) is 23.9 Å². The molecule has 16 heavy (non-hydrogen) atoms. The number of hydrazine groups is 1. The van der Waals surface area contributed by atoms with Crippen molar-refractivity contribution in [3.05, 3.63) is 18.2 Å². The van der Waals surface area contributed by atoms with Gasteiger partial charge in [0.2, 0.25) is 5.91 Å². The lowest BCUT2D eigenvalue weighted by molar-refractivity contribution is -0.113. The van der Waals surface area contributed by atoms with Crippen LogP contribution in [0.4, 0.5) is 5.69 Å². The Morgan fingerprint density at radius 1 is 1.44 bits per heavy atom. The average molecular weight is 259 g/mol. The number of rotatable bonds is 2. The molecule has 4 N–H and O–H groups in total. The van der Waals surface area contributed by atoms with Crippen molar-refractivity contribution in [1.29, 1.82) is 0 Å². The van der Waals surface area contributed by atoms with Gasteiger partial charge in [-0.2, -0.15) is 4.83 Å². The van der Waals surface area contributed by atoms with Gasteiger partial charge in [0.05, 0.1) is 16.3 Å². The van der Waals surface area contributed by atoms with E-state index in [2.05, 4.69) is 5.32 Å². The molecule has 1 heterocycles. The van der Waals surface area contributed by atoms with Crippen LogP contribution < -0.4 is 16.0 Å². The summed E-state index contributed by atoms with van der Waals surface area (Å²) in [5.41, 5.74) is 0.498. The van der Waals surface area contributed by atoms with Crippen LogP contribution in [0, 0.1) is 0 Å². The van der Waals surface area contributed by atoms with E-state index in [9.17, 15) is 13.2 Å². The van der Waals surface area contributed by atoms with E-state index < -0.39 is 10.0 Å². The van der Waals surface area contributed by atoms with E-state index in [0.717, 1.165) is 4.90 Å². The third kappa shape index (κ3) is 2.05. The molecule has 1 aliphatic rings. The summed E-state index contributed by atoms with van der Waals surface area (Å²) in [5.74, 6) is 5.11. The number of benzene rings is 1. The number of fused-ring (bicyclic) bond motifs is 1. The average Bonchev–Trinajstić information content (AvgIpc) is 2.28. The first-order valence-corrected chi connectivity index (χ1v) is 6.79. The van der Waals surface area contributed by atoms with Crippen LogP contribution in [0.25, 0.3) is 0 Å². The second kappa shape index (κ2) is 4.06. The molecule has 0 aromatic heterocycles. The monoisotopic (exact) mass is 259 g/mol. The number of anilines is 1. The van der Waals surface area contributed by atoms with E-state index in [1.807, 2.05) is 0 Å². The van der Waals surface area contributed by atoms with Crippen molar-refractivity contribution in [3.8, 4) is 0 Å². The maximum Gasteiger partial charge on any atom is 0.253 e. The van der Waals surface area contributed by atoms with Gasteiger partial charge >= 0.3 is 0 Å². The van der Waals surface area contributed by atoms with Gasteiger partial charge in [0.1, 0.15) is 0 Å². The van der Waals surface area contributed by atoms with Gasteiger partial charge in [-0.3, -0.25) is 10.6 Å². The lowest BCUT2D eigenvalue weighted by atomic mass is 10.3. The van der Waals surface area contributed by atoms with Crippen LogP contribution in [0.2, 0.25) is 0 Å². The summed E-state index contributed by atoms with van der Waals surface area (Å²) in [6, 6.07) is 4.47. The molecule has 1 aromatic carbocycles. The topological polar surface area (TPSA) is 101 Å². The first-order valence-electron chi connectivity index (χ1n) is 4.32. The molecule has 0 bridgehead atoms. The molecule has 0 saturated carbocycles. The Bertz CT molecular complexity index is 541. The number of sulfonamides is 1. The minimum absolute atomic E-state index is 0.0246. The van der Waals surface area contributed by atoms with Crippen LogP contribution in [-0.2, 0) is 14.8 Å². The Morgan fingerprint density at radius 2 is 2.19 bits per heavy atom. The Morgan fingerprint density at radius 3 is 2.88 bits per heavy atom. The summed E-state index contributed by atoms with van der Waals surface area (Å²) in [6.45, 7) is 0. The predicted molar refractivity (Wildman–Crippen MR) is 60.3 cm³/mol. The van der Waals surface area contributed by atoms with Crippen LogP contribution in [0.3, 0.4) is 0 Å². The molecular weight excluding hydrogens is 250 g/mol. The molecule has 0 atom stereocenters. The maximum absolute atomic E-state index is 11.4. The molecule has 0 aliphatic carbocycles. The van der Waals surface area contributed by atoms with Gasteiger partial charge < -0.3 is 5.32 Å². The first kappa shape index (κ1) is 11.4. The van der Waals surface area contributed by atoms with E-state index in [1.54, 1.807) is 10.9 Å². The van der Waals surface area contributed by atoms with Gasteiger partial charge in [0, 0.05) is 4.90 Å². The van der Waals surface area contributed by atoms with Crippen molar-refractivity contribution in [1.82, 2.24) is 4.83 Å². The van der Waals surface area contributed by atoms with E-state index >= 15 is 0 Å². The van der Waals surface area contributed by atoms with Gasteiger partial charge in [0.15, 0.2) is 0 Å². The molecule has 8 heteroatoms. The zero-order valence-corrected chi connectivity index (χ0v) is 9.69. The zero-order chi connectivity index (χ0) is 11.8. The van der Waals surface area contributed by atoms with Gasteiger partial charge in [-0.05, 0) is 18.2 Å². The molecule has 0 radical (unpaired) electrons. The van der Waals surface area contributed by atoms with Gasteiger partial charge in [-0.15, -0.1) is 11.8 Å². The Hall–Kier alpha value is -1.09. The highest BCUT2D eigenvalue weighted by atomic mass is 32.2. The van der Waals surface area contributed by atoms with Crippen molar-refractivity contribution in [2.45, 2.75) is 9.79 Å². The molecular formula is C8H9N3O3S2. The summed E-state index contributed by atoms with van der Waals surface area (Å²) in [6.07, 6.45) is 0. The highest BCUT2D eigenvalue weighted by Crippen LogP contribution is 2.32. The number of nitrogens with two attached hydrogens (primary N) is 1. The second-order valence-corrected chi connectivity index (χ2v) is 5.85. The van der Waals surface area contributed by atoms with E-state index in [0.29, 0.717) is 11.4 Å². The van der Waals surface area contributed by atoms with Crippen molar-refractivity contribution < 1.29 is 13.2 Å². The molecule has 0 fully saturated rings. The fourth-order valence-corrected chi connectivity index (χ4v) is 2.74. The molecule has 1 aromatic rings. The second-order valence-electron chi connectivity index (χ2n) is 3.12. The van der Waals surface area contributed by atoms with Crippen molar-refractivity contribution in [2.24, 2.45) is 5.84 Å². The van der Waals surface area contributed by atoms with Gasteiger partial charge in [-0.25, -0.2) is 8.42 Å². The molecule has 6 nitrogen and oxygen atoms in total. The number of amides is 1. The largest absolute Gasteiger partial charge is 0.324 e. The van der Waals surface area contributed by atoms with Crippen molar-refractivity contribution in [2.75, 3.05) is 11.1 Å². The van der Waals surface area contributed by atoms with E-state index in [4.69, 9.17) is 5.84 Å². The molecule has 86 valence electrons. The molecule has 1 aliphatic heterocycles. The number of carbonyl (C=O) groups excluding carboxylic acids is 1. The van der Waals surface area contributed by atoms with Crippen LogP contribution >= 0.6 is 11.8 Å². The van der Waals surface area contributed by atoms with Crippen molar-refractivity contribution in [3.63, 3.8) is 0 Å². The highest BCUT2D eigenvalue weighted by Gasteiger charge is 2.19. The SMILES string of the molecule is NNS(=O)(=O)c1ccc2c(c1)NC(=O)CS2. The zero-order valence-electron chi connectivity index (χ0n) is 8.06. The molecule has 1 amide bonds. The Balaban J connectivity index is 2.47. The Labute approximate surface area is 96.6 Å². The quantitative estimate of drug-likeness (QED) is 0.508. The smallest absolute Gasteiger partial charge is 0.253 e. The number of hydrogen-bond donors (Lipinski definition) is 3. The summed E-state index contributed by atoms with van der Waals surface area (Å²) < 4.78 is 22.8. The third-order valence-corrected chi connectivity index (χ3v) is 4.31. The number of thioether (sulfide) groups is 1. The fraction of sp³-hybridized carbons (Fsp3) is 0.125. The van der Waals surface area contributed by atoms with E-state index in [-0.39, 0.29) is 10.8 Å². The Kier molecular flexibility index (Phi) is 2.89. The first-order chi connectivity index (χ1) is 7.53.